The third kappa shape index (κ3) is 8.81. The zero-order valence-corrected chi connectivity index (χ0v) is 10.9. The third-order valence-electron chi connectivity index (χ3n) is 2.65. The monoisotopic (exact) mass is 216 g/mol. The summed E-state index contributed by atoms with van der Waals surface area (Å²) in [6.45, 7) is 9.53. The van der Waals surface area contributed by atoms with Crippen molar-refractivity contribution in [2.75, 3.05) is 67.0 Å². The molecule has 0 fully saturated rings. The maximum absolute atomic E-state index is 5.61. The van der Waals surface area contributed by atoms with Gasteiger partial charge in [0, 0.05) is 39.3 Å². The lowest BCUT2D eigenvalue weighted by Gasteiger charge is -2.25. The van der Waals surface area contributed by atoms with E-state index in [1.807, 2.05) is 0 Å². The molecule has 2 N–H and O–H groups in total. The number of nitrogens with zero attached hydrogens (tertiary/aromatic N) is 3. The number of nitrogens with two attached hydrogens (primary N) is 1. The quantitative estimate of drug-likeness (QED) is 0.577. The summed E-state index contributed by atoms with van der Waals surface area (Å²) in [4.78, 5) is 6.98. The van der Waals surface area contributed by atoms with Gasteiger partial charge < -0.3 is 15.5 Å². The number of hydrogen-bond acceptors (Lipinski definition) is 4. The van der Waals surface area contributed by atoms with E-state index in [-0.39, 0.29) is 0 Å². The van der Waals surface area contributed by atoms with Gasteiger partial charge >= 0.3 is 0 Å². The van der Waals surface area contributed by atoms with Crippen LogP contribution in [0.4, 0.5) is 0 Å². The van der Waals surface area contributed by atoms with E-state index in [4.69, 9.17) is 5.73 Å². The van der Waals surface area contributed by atoms with E-state index < -0.39 is 0 Å². The van der Waals surface area contributed by atoms with Crippen LogP contribution in [0, 0.1) is 0 Å². The molecule has 0 aromatic rings. The predicted octanol–water partition coefficient (Wildman–Crippen LogP) is -0.240. The van der Waals surface area contributed by atoms with Gasteiger partial charge in [0.1, 0.15) is 0 Å². The lowest BCUT2D eigenvalue weighted by Crippen LogP contribution is -2.39. The molecule has 0 atom stereocenters. The molecule has 0 aliphatic heterocycles. The minimum Gasteiger partial charge on any atom is -0.329 e. The predicted molar refractivity (Wildman–Crippen MR) is 67.2 cm³/mol. The summed E-state index contributed by atoms with van der Waals surface area (Å²) in [6.07, 6.45) is 0. The van der Waals surface area contributed by atoms with Gasteiger partial charge in [-0.05, 0) is 27.7 Å². The van der Waals surface area contributed by atoms with Crippen LogP contribution in [0.1, 0.15) is 6.92 Å². The van der Waals surface area contributed by atoms with Crippen LogP contribution < -0.4 is 5.73 Å². The van der Waals surface area contributed by atoms with E-state index in [1.165, 1.54) is 0 Å². The Hall–Kier alpha value is -0.160. The SMILES string of the molecule is CCN(C)CCN(CCN)CCN(C)C. The van der Waals surface area contributed by atoms with E-state index in [0.29, 0.717) is 0 Å². The highest BCUT2D eigenvalue weighted by molar-refractivity contribution is 4.62. The number of rotatable bonds is 9. The Balaban J connectivity index is 3.72. The third-order valence-corrected chi connectivity index (χ3v) is 2.65. The smallest absolute Gasteiger partial charge is 0.0110 e. The van der Waals surface area contributed by atoms with Gasteiger partial charge in [-0.15, -0.1) is 0 Å². The molecule has 0 amide bonds. The van der Waals surface area contributed by atoms with Crippen molar-refractivity contribution in [3.8, 4) is 0 Å². The van der Waals surface area contributed by atoms with Gasteiger partial charge in [-0.2, -0.15) is 0 Å². The largest absolute Gasteiger partial charge is 0.329 e. The van der Waals surface area contributed by atoms with E-state index in [2.05, 4.69) is 42.8 Å². The first kappa shape index (κ1) is 14.8. The van der Waals surface area contributed by atoms with Crippen molar-refractivity contribution < 1.29 is 0 Å². The normalized spacial score (nSPS) is 12.0. The molecular formula is C11H28N4. The number of hydrogen-bond donors (Lipinski definition) is 1. The average molecular weight is 216 g/mol. The fraction of sp³-hybridized carbons (Fsp3) is 1.00. The highest BCUT2D eigenvalue weighted by Gasteiger charge is 2.05. The molecule has 0 saturated heterocycles. The van der Waals surface area contributed by atoms with Crippen molar-refractivity contribution in [3.63, 3.8) is 0 Å². The van der Waals surface area contributed by atoms with Gasteiger partial charge in [0.25, 0.3) is 0 Å². The Morgan fingerprint density at radius 2 is 1.47 bits per heavy atom. The second kappa shape index (κ2) is 9.09. The van der Waals surface area contributed by atoms with Crippen LogP contribution in [0.25, 0.3) is 0 Å². The zero-order valence-electron chi connectivity index (χ0n) is 10.9. The van der Waals surface area contributed by atoms with Crippen molar-refractivity contribution in [2.45, 2.75) is 6.92 Å². The summed E-state index contributed by atoms with van der Waals surface area (Å²) in [6, 6.07) is 0. The fourth-order valence-corrected chi connectivity index (χ4v) is 1.33. The molecule has 4 heteroatoms. The standard InChI is InChI=1S/C11H28N4/c1-5-14(4)9-11-15(7-6-12)10-8-13(2)3/h5-12H2,1-4H3. The van der Waals surface area contributed by atoms with Gasteiger partial charge in [-0.1, -0.05) is 6.92 Å². The summed E-state index contributed by atoms with van der Waals surface area (Å²) >= 11 is 0. The van der Waals surface area contributed by atoms with Gasteiger partial charge in [0.15, 0.2) is 0 Å². The fourth-order valence-electron chi connectivity index (χ4n) is 1.33. The van der Waals surface area contributed by atoms with Gasteiger partial charge in [0.2, 0.25) is 0 Å². The van der Waals surface area contributed by atoms with Crippen molar-refractivity contribution in [3.05, 3.63) is 0 Å². The molecule has 0 unspecified atom stereocenters. The lowest BCUT2D eigenvalue weighted by molar-refractivity contribution is 0.214. The molecule has 0 radical (unpaired) electrons. The molecule has 0 aliphatic carbocycles. The highest BCUT2D eigenvalue weighted by Crippen LogP contribution is 1.90. The Morgan fingerprint density at radius 3 is 1.93 bits per heavy atom. The molecule has 0 bridgehead atoms. The molecule has 15 heavy (non-hydrogen) atoms. The topological polar surface area (TPSA) is 35.7 Å². The minimum absolute atomic E-state index is 0.753. The molecule has 92 valence electrons. The molecule has 0 saturated carbocycles. The first-order chi connectivity index (χ1) is 7.10. The number of likely N-dealkylation sites (N-methyl/N-ethyl adjacent to an activating group) is 2. The molecule has 0 aliphatic rings. The molecule has 0 spiro atoms. The van der Waals surface area contributed by atoms with Crippen LogP contribution in [0.3, 0.4) is 0 Å². The zero-order chi connectivity index (χ0) is 11.7. The van der Waals surface area contributed by atoms with Crippen molar-refractivity contribution in [1.82, 2.24) is 14.7 Å². The average Bonchev–Trinajstić information content (AvgIpc) is 2.21. The highest BCUT2D eigenvalue weighted by atomic mass is 15.2. The van der Waals surface area contributed by atoms with E-state index in [9.17, 15) is 0 Å². The van der Waals surface area contributed by atoms with E-state index in [0.717, 1.165) is 45.8 Å². The summed E-state index contributed by atoms with van der Waals surface area (Å²) in [5, 5.41) is 0. The first-order valence-electron chi connectivity index (χ1n) is 5.85. The first-order valence-corrected chi connectivity index (χ1v) is 5.85. The second-order valence-electron chi connectivity index (χ2n) is 4.33. The van der Waals surface area contributed by atoms with E-state index >= 15 is 0 Å². The van der Waals surface area contributed by atoms with Crippen LogP contribution in [0.15, 0.2) is 0 Å². The van der Waals surface area contributed by atoms with Crippen LogP contribution in [0.5, 0.6) is 0 Å². The maximum atomic E-state index is 5.61. The second-order valence-corrected chi connectivity index (χ2v) is 4.33. The summed E-state index contributed by atoms with van der Waals surface area (Å²) in [5.41, 5.74) is 5.61. The lowest BCUT2D eigenvalue weighted by atomic mass is 10.4. The van der Waals surface area contributed by atoms with Crippen molar-refractivity contribution in [2.24, 2.45) is 5.73 Å². The van der Waals surface area contributed by atoms with Gasteiger partial charge in [0.05, 0.1) is 0 Å². The van der Waals surface area contributed by atoms with Crippen LogP contribution in [0.2, 0.25) is 0 Å². The van der Waals surface area contributed by atoms with Crippen LogP contribution in [-0.4, -0.2) is 81.7 Å². The summed E-state index contributed by atoms with van der Waals surface area (Å²) in [7, 11) is 6.38. The summed E-state index contributed by atoms with van der Waals surface area (Å²) < 4.78 is 0. The van der Waals surface area contributed by atoms with Crippen molar-refractivity contribution in [1.29, 1.82) is 0 Å². The molecule has 0 aromatic carbocycles. The Morgan fingerprint density at radius 1 is 0.867 bits per heavy atom. The van der Waals surface area contributed by atoms with Crippen LogP contribution in [-0.2, 0) is 0 Å². The summed E-state index contributed by atoms with van der Waals surface area (Å²) in [5.74, 6) is 0. The molecule has 0 rings (SSSR count). The Bertz CT molecular complexity index is 139. The van der Waals surface area contributed by atoms with E-state index in [1.54, 1.807) is 0 Å². The van der Waals surface area contributed by atoms with Gasteiger partial charge in [-0.25, -0.2) is 0 Å². The van der Waals surface area contributed by atoms with Crippen LogP contribution >= 0.6 is 0 Å². The molecule has 4 nitrogen and oxygen atoms in total. The maximum Gasteiger partial charge on any atom is 0.0110 e. The molecule has 0 heterocycles. The molecular weight excluding hydrogens is 188 g/mol. The Kier molecular flexibility index (Phi) is 9.00. The van der Waals surface area contributed by atoms with Crippen molar-refractivity contribution >= 4 is 0 Å². The van der Waals surface area contributed by atoms with Gasteiger partial charge in [-0.3, -0.25) is 4.90 Å². The Labute approximate surface area is 95.0 Å². The minimum atomic E-state index is 0.753. The molecule has 0 aromatic heterocycles.